The molecule has 1 unspecified atom stereocenters. The first-order valence-corrected chi connectivity index (χ1v) is 8.65. The fraction of sp³-hybridized carbons (Fsp3) is 0.182. The monoisotopic (exact) mass is 330 g/mol. The van der Waals surface area contributed by atoms with Gasteiger partial charge in [0.15, 0.2) is 12.6 Å². The quantitative estimate of drug-likeness (QED) is 0.525. The van der Waals surface area contributed by atoms with Crippen LogP contribution in [0, 0.1) is 0 Å². The predicted octanol–water partition coefficient (Wildman–Crippen LogP) is 4.43. The average Bonchev–Trinajstić information content (AvgIpc) is 2.69. The van der Waals surface area contributed by atoms with E-state index in [1.807, 2.05) is 42.5 Å². The topological polar surface area (TPSA) is 30.2 Å². The predicted molar refractivity (Wildman–Crippen MR) is 97.1 cm³/mol. The Morgan fingerprint density at radius 3 is 2.12 bits per heavy atom. The Morgan fingerprint density at radius 1 is 0.880 bits per heavy atom. The molecule has 124 valence electrons. The minimum absolute atomic E-state index is 0.160. The summed E-state index contributed by atoms with van der Waals surface area (Å²) < 4.78 is 7.58. The van der Waals surface area contributed by atoms with Gasteiger partial charge in [0, 0.05) is 24.1 Å². The van der Waals surface area contributed by atoms with Crippen molar-refractivity contribution in [3.63, 3.8) is 0 Å². The summed E-state index contributed by atoms with van der Waals surface area (Å²) in [7, 11) is 0. The van der Waals surface area contributed by atoms with Crippen LogP contribution in [0.2, 0.25) is 0 Å². The number of hydrogen-bond acceptors (Lipinski definition) is 2. The van der Waals surface area contributed by atoms with E-state index in [4.69, 9.17) is 4.74 Å². The maximum Gasteiger partial charge on any atom is 0.403 e. The SMILES string of the molecule is CCC1COC(=O)c2cc(-c3ccccc3)cc(-c3ccccc3)[n+]21. The molecule has 0 aliphatic carbocycles. The van der Waals surface area contributed by atoms with E-state index in [1.54, 1.807) is 0 Å². The molecule has 3 aromatic rings. The van der Waals surface area contributed by atoms with Gasteiger partial charge in [0.25, 0.3) is 5.69 Å². The number of rotatable bonds is 3. The summed E-state index contributed by atoms with van der Waals surface area (Å²) in [6.45, 7) is 2.55. The number of esters is 1. The van der Waals surface area contributed by atoms with E-state index in [0.29, 0.717) is 12.3 Å². The van der Waals surface area contributed by atoms with Crippen molar-refractivity contribution in [2.75, 3.05) is 6.61 Å². The molecular weight excluding hydrogens is 310 g/mol. The molecule has 0 saturated heterocycles. The molecule has 1 atom stereocenters. The molecule has 0 amide bonds. The van der Waals surface area contributed by atoms with Crippen LogP contribution in [0.5, 0.6) is 0 Å². The fourth-order valence-electron chi connectivity index (χ4n) is 3.41. The van der Waals surface area contributed by atoms with Crippen molar-refractivity contribution in [3.05, 3.63) is 78.5 Å². The van der Waals surface area contributed by atoms with E-state index in [2.05, 4.69) is 41.8 Å². The highest BCUT2D eigenvalue weighted by Crippen LogP contribution is 2.28. The van der Waals surface area contributed by atoms with Crippen molar-refractivity contribution in [2.24, 2.45) is 0 Å². The number of pyridine rings is 1. The molecule has 3 nitrogen and oxygen atoms in total. The van der Waals surface area contributed by atoms with Crippen molar-refractivity contribution in [1.29, 1.82) is 0 Å². The van der Waals surface area contributed by atoms with Gasteiger partial charge in [0.2, 0.25) is 5.69 Å². The number of ether oxygens (including phenoxy) is 1. The fourth-order valence-corrected chi connectivity index (χ4v) is 3.41. The Labute approximate surface area is 147 Å². The second kappa shape index (κ2) is 6.52. The summed E-state index contributed by atoms with van der Waals surface area (Å²) in [5.41, 5.74) is 4.90. The molecule has 1 aliphatic heterocycles. The lowest BCUT2D eigenvalue weighted by molar-refractivity contribution is -0.721. The van der Waals surface area contributed by atoms with E-state index in [-0.39, 0.29) is 12.0 Å². The lowest BCUT2D eigenvalue weighted by Gasteiger charge is -2.21. The van der Waals surface area contributed by atoms with Gasteiger partial charge >= 0.3 is 5.97 Å². The van der Waals surface area contributed by atoms with Crippen molar-refractivity contribution in [3.8, 4) is 22.4 Å². The Balaban J connectivity index is 2.00. The number of carbonyl (C=O) groups is 1. The van der Waals surface area contributed by atoms with Crippen LogP contribution < -0.4 is 4.57 Å². The van der Waals surface area contributed by atoms with Crippen LogP contribution in [0.15, 0.2) is 72.8 Å². The van der Waals surface area contributed by atoms with Crippen molar-refractivity contribution in [2.45, 2.75) is 19.4 Å². The van der Waals surface area contributed by atoms with Crippen LogP contribution in [-0.4, -0.2) is 12.6 Å². The standard InChI is InChI=1S/C22H20NO2/c1-2-19-15-25-22(24)21-14-18(16-9-5-3-6-10-16)13-20(23(19)21)17-11-7-4-8-12-17/h3-14,19H,2,15H2,1H3/q+1. The van der Waals surface area contributed by atoms with E-state index in [1.165, 1.54) is 0 Å². The maximum absolute atomic E-state index is 12.5. The zero-order valence-corrected chi connectivity index (χ0v) is 14.2. The average molecular weight is 330 g/mol. The van der Waals surface area contributed by atoms with Crippen LogP contribution in [0.25, 0.3) is 22.4 Å². The van der Waals surface area contributed by atoms with E-state index < -0.39 is 0 Å². The van der Waals surface area contributed by atoms with Gasteiger partial charge in [0.1, 0.15) is 0 Å². The van der Waals surface area contributed by atoms with Crippen molar-refractivity contribution < 1.29 is 14.1 Å². The first-order valence-electron chi connectivity index (χ1n) is 8.65. The molecule has 0 N–H and O–H groups in total. The number of carbonyl (C=O) groups excluding carboxylic acids is 1. The molecule has 4 rings (SSSR count). The summed E-state index contributed by atoms with van der Waals surface area (Å²) in [5.74, 6) is -0.250. The third kappa shape index (κ3) is 2.82. The summed E-state index contributed by atoms with van der Waals surface area (Å²) in [6, 6.07) is 24.7. The molecule has 3 heteroatoms. The normalized spacial score (nSPS) is 16.2. The minimum Gasteiger partial charge on any atom is -0.451 e. The largest absolute Gasteiger partial charge is 0.451 e. The Bertz CT molecular complexity index is 904. The molecule has 0 spiro atoms. The van der Waals surface area contributed by atoms with Crippen LogP contribution in [0.1, 0.15) is 29.9 Å². The number of fused-ring (bicyclic) bond motifs is 1. The highest BCUT2D eigenvalue weighted by molar-refractivity contribution is 5.88. The lowest BCUT2D eigenvalue weighted by Crippen LogP contribution is -2.52. The van der Waals surface area contributed by atoms with E-state index in [9.17, 15) is 4.79 Å². The van der Waals surface area contributed by atoms with Crippen LogP contribution in [0.3, 0.4) is 0 Å². The maximum atomic E-state index is 12.5. The Kier molecular flexibility index (Phi) is 4.06. The summed E-state index contributed by atoms with van der Waals surface area (Å²) >= 11 is 0. The number of aromatic nitrogens is 1. The highest BCUT2D eigenvalue weighted by Gasteiger charge is 2.37. The first-order chi connectivity index (χ1) is 12.3. The molecule has 1 aromatic heterocycles. The van der Waals surface area contributed by atoms with Crippen LogP contribution in [-0.2, 0) is 4.74 Å². The zero-order chi connectivity index (χ0) is 17.2. The molecule has 1 aliphatic rings. The smallest absolute Gasteiger partial charge is 0.403 e. The van der Waals surface area contributed by atoms with Gasteiger partial charge in [-0.05, 0) is 23.3 Å². The third-order valence-electron chi connectivity index (χ3n) is 4.73. The molecule has 0 fully saturated rings. The van der Waals surface area contributed by atoms with E-state index >= 15 is 0 Å². The number of cyclic esters (lactones) is 1. The number of benzene rings is 2. The van der Waals surface area contributed by atoms with Gasteiger partial charge in [0.05, 0.1) is 0 Å². The van der Waals surface area contributed by atoms with Gasteiger partial charge in [-0.2, -0.15) is 4.57 Å². The summed E-state index contributed by atoms with van der Waals surface area (Å²) in [5, 5.41) is 0. The van der Waals surface area contributed by atoms with Crippen molar-refractivity contribution >= 4 is 5.97 Å². The Hall–Kier alpha value is -2.94. The van der Waals surface area contributed by atoms with Crippen LogP contribution >= 0.6 is 0 Å². The molecule has 2 heterocycles. The summed E-state index contributed by atoms with van der Waals surface area (Å²) in [4.78, 5) is 12.5. The lowest BCUT2D eigenvalue weighted by atomic mass is 9.99. The second-order valence-electron chi connectivity index (χ2n) is 6.28. The molecule has 0 bridgehead atoms. The zero-order valence-electron chi connectivity index (χ0n) is 14.2. The van der Waals surface area contributed by atoms with Gasteiger partial charge in [-0.15, -0.1) is 0 Å². The number of nitrogens with zero attached hydrogens (tertiary/aromatic N) is 1. The second-order valence-corrected chi connectivity index (χ2v) is 6.28. The van der Waals surface area contributed by atoms with E-state index in [0.717, 1.165) is 28.8 Å². The van der Waals surface area contributed by atoms with Gasteiger partial charge in [-0.1, -0.05) is 55.5 Å². The van der Waals surface area contributed by atoms with Gasteiger partial charge < -0.3 is 4.74 Å². The molecular formula is C22H20NO2+. The Morgan fingerprint density at radius 2 is 1.48 bits per heavy atom. The molecule has 0 radical (unpaired) electrons. The first kappa shape index (κ1) is 15.6. The minimum atomic E-state index is -0.250. The van der Waals surface area contributed by atoms with Crippen molar-refractivity contribution in [1.82, 2.24) is 0 Å². The van der Waals surface area contributed by atoms with Gasteiger partial charge in [-0.3, -0.25) is 0 Å². The molecule has 2 aromatic carbocycles. The van der Waals surface area contributed by atoms with Gasteiger partial charge in [-0.25, -0.2) is 4.79 Å². The van der Waals surface area contributed by atoms with Crippen LogP contribution in [0.4, 0.5) is 0 Å². The number of hydrogen-bond donors (Lipinski definition) is 0. The summed E-state index contributed by atoms with van der Waals surface area (Å²) in [6.07, 6.45) is 0.912. The third-order valence-corrected chi connectivity index (χ3v) is 4.73. The highest BCUT2D eigenvalue weighted by atomic mass is 16.5. The molecule has 25 heavy (non-hydrogen) atoms. The molecule has 0 saturated carbocycles.